The molecule has 0 saturated heterocycles. The minimum atomic E-state index is -1.10. The van der Waals surface area contributed by atoms with Gasteiger partial charge in [-0.2, -0.15) is 0 Å². The molecule has 27 heavy (non-hydrogen) atoms. The molecule has 0 fully saturated rings. The molecule has 5 heteroatoms. The zero-order valence-electron chi connectivity index (χ0n) is 15.4. The number of fused-ring (bicyclic) bond motifs is 1. The van der Waals surface area contributed by atoms with Gasteiger partial charge < -0.3 is 10.4 Å². The Kier molecular flexibility index (Phi) is 5.89. The van der Waals surface area contributed by atoms with Gasteiger partial charge in [0.05, 0.1) is 12.0 Å². The Morgan fingerprint density at radius 2 is 1.67 bits per heavy atom. The lowest BCUT2D eigenvalue weighted by Gasteiger charge is -2.21. The SMILES string of the molecule is C[C@H](NC(=O)C[C@H](C(=O)O)c1ccc(F)cc1)c1ccc2c(c1)CCCC2. The highest BCUT2D eigenvalue weighted by Gasteiger charge is 2.24. The van der Waals surface area contributed by atoms with Crippen molar-refractivity contribution in [2.24, 2.45) is 0 Å². The predicted octanol–water partition coefficient (Wildman–Crippen LogP) is 4.14. The number of halogens is 1. The number of hydrogen-bond acceptors (Lipinski definition) is 2. The standard InChI is InChI=1S/C22H24FNO3/c1-14(17-7-6-15-4-2-3-5-18(15)12-17)24-21(25)13-20(22(26)27)16-8-10-19(23)11-9-16/h6-12,14,20H,2-5,13H2,1H3,(H,24,25)(H,26,27)/t14-,20-/m0/s1. The van der Waals surface area contributed by atoms with Gasteiger partial charge in [0.1, 0.15) is 5.82 Å². The second-order valence-electron chi connectivity index (χ2n) is 7.17. The average molecular weight is 369 g/mol. The van der Waals surface area contributed by atoms with E-state index in [1.54, 1.807) is 0 Å². The van der Waals surface area contributed by atoms with Gasteiger partial charge in [0, 0.05) is 6.42 Å². The summed E-state index contributed by atoms with van der Waals surface area (Å²) < 4.78 is 13.1. The van der Waals surface area contributed by atoms with Gasteiger partial charge in [0.2, 0.25) is 5.91 Å². The van der Waals surface area contributed by atoms with Crippen LogP contribution in [-0.4, -0.2) is 17.0 Å². The van der Waals surface area contributed by atoms with E-state index in [1.807, 2.05) is 13.0 Å². The van der Waals surface area contributed by atoms with Crippen LogP contribution in [0, 0.1) is 5.82 Å². The van der Waals surface area contributed by atoms with Gasteiger partial charge >= 0.3 is 5.97 Å². The summed E-state index contributed by atoms with van der Waals surface area (Å²) in [6, 6.07) is 11.3. The first-order valence-electron chi connectivity index (χ1n) is 9.33. The Morgan fingerprint density at radius 3 is 2.33 bits per heavy atom. The van der Waals surface area contributed by atoms with Crippen molar-refractivity contribution >= 4 is 11.9 Å². The number of amides is 1. The molecule has 4 nitrogen and oxygen atoms in total. The Hall–Kier alpha value is -2.69. The third-order valence-corrected chi connectivity index (χ3v) is 5.21. The quantitative estimate of drug-likeness (QED) is 0.804. The molecule has 0 aromatic heterocycles. The average Bonchev–Trinajstić information content (AvgIpc) is 2.66. The molecule has 142 valence electrons. The lowest BCUT2D eigenvalue weighted by molar-refractivity contribution is -0.140. The molecule has 2 aromatic rings. The monoisotopic (exact) mass is 369 g/mol. The molecular weight excluding hydrogens is 345 g/mol. The zero-order chi connectivity index (χ0) is 19.4. The van der Waals surface area contributed by atoms with Gasteiger partial charge in [0.25, 0.3) is 0 Å². The highest BCUT2D eigenvalue weighted by atomic mass is 19.1. The minimum absolute atomic E-state index is 0.184. The number of benzene rings is 2. The topological polar surface area (TPSA) is 66.4 Å². The van der Waals surface area contributed by atoms with E-state index < -0.39 is 17.7 Å². The smallest absolute Gasteiger partial charge is 0.311 e. The summed E-state index contributed by atoms with van der Waals surface area (Å²) in [4.78, 5) is 24.0. The predicted molar refractivity (Wildman–Crippen MR) is 101 cm³/mol. The van der Waals surface area contributed by atoms with E-state index in [1.165, 1.54) is 48.2 Å². The Morgan fingerprint density at radius 1 is 1.04 bits per heavy atom. The fourth-order valence-electron chi connectivity index (χ4n) is 3.63. The number of aryl methyl sites for hydroxylation is 2. The molecule has 0 spiro atoms. The first-order chi connectivity index (χ1) is 12.9. The molecule has 0 aliphatic heterocycles. The van der Waals surface area contributed by atoms with E-state index >= 15 is 0 Å². The van der Waals surface area contributed by atoms with Gasteiger partial charge in [0.15, 0.2) is 0 Å². The zero-order valence-corrected chi connectivity index (χ0v) is 15.4. The number of nitrogens with one attached hydrogen (secondary N) is 1. The normalized spacial score (nSPS) is 15.5. The van der Waals surface area contributed by atoms with Gasteiger partial charge in [-0.15, -0.1) is 0 Å². The summed E-state index contributed by atoms with van der Waals surface area (Å²) in [5.74, 6) is -2.87. The van der Waals surface area contributed by atoms with E-state index in [-0.39, 0.29) is 18.4 Å². The van der Waals surface area contributed by atoms with E-state index in [0.717, 1.165) is 18.4 Å². The van der Waals surface area contributed by atoms with E-state index in [0.29, 0.717) is 5.56 Å². The van der Waals surface area contributed by atoms with Gasteiger partial charge in [-0.3, -0.25) is 9.59 Å². The Bertz CT molecular complexity index is 832. The van der Waals surface area contributed by atoms with Crippen LogP contribution in [0.15, 0.2) is 42.5 Å². The molecule has 2 atom stereocenters. The highest BCUT2D eigenvalue weighted by molar-refractivity contribution is 5.85. The van der Waals surface area contributed by atoms with Crippen LogP contribution in [-0.2, 0) is 22.4 Å². The molecule has 0 bridgehead atoms. The third kappa shape index (κ3) is 4.73. The van der Waals surface area contributed by atoms with Crippen LogP contribution < -0.4 is 5.32 Å². The maximum atomic E-state index is 13.1. The van der Waals surface area contributed by atoms with Crippen molar-refractivity contribution in [1.82, 2.24) is 5.32 Å². The van der Waals surface area contributed by atoms with Crippen molar-refractivity contribution in [2.45, 2.75) is 51.0 Å². The fraction of sp³-hybridized carbons (Fsp3) is 0.364. The maximum absolute atomic E-state index is 13.1. The summed E-state index contributed by atoms with van der Waals surface area (Å²) in [6.45, 7) is 1.90. The maximum Gasteiger partial charge on any atom is 0.311 e. The van der Waals surface area contributed by atoms with E-state index in [2.05, 4.69) is 17.4 Å². The molecule has 0 unspecified atom stereocenters. The first-order valence-corrected chi connectivity index (χ1v) is 9.33. The lowest BCUT2D eigenvalue weighted by Crippen LogP contribution is -2.30. The van der Waals surface area contributed by atoms with Crippen molar-refractivity contribution in [3.8, 4) is 0 Å². The Balaban J connectivity index is 1.66. The number of carbonyl (C=O) groups is 2. The molecule has 3 rings (SSSR count). The van der Waals surface area contributed by atoms with Crippen LogP contribution in [0.5, 0.6) is 0 Å². The second-order valence-corrected chi connectivity index (χ2v) is 7.17. The number of aliphatic carboxylic acids is 1. The summed E-state index contributed by atoms with van der Waals surface area (Å²) in [5.41, 5.74) is 4.17. The van der Waals surface area contributed by atoms with Gasteiger partial charge in [-0.25, -0.2) is 4.39 Å². The number of carbonyl (C=O) groups excluding carboxylic acids is 1. The van der Waals surface area contributed by atoms with Crippen LogP contribution >= 0.6 is 0 Å². The van der Waals surface area contributed by atoms with Gasteiger partial charge in [-0.1, -0.05) is 30.3 Å². The number of rotatable bonds is 6. The molecule has 0 saturated carbocycles. The van der Waals surface area contributed by atoms with Crippen LogP contribution in [0.1, 0.15) is 60.4 Å². The highest BCUT2D eigenvalue weighted by Crippen LogP contribution is 2.25. The van der Waals surface area contributed by atoms with Crippen molar-refractivity contribution in [1.29, 1.82) is 0 Å². The minimum Gasteiger partial charge on any atom is -0.481 e. The van der Waals surface area contributed by atoms with Crippen LogP contribution in [0.2, 0.25) is 0 Å². The van der Waals surface area contributed by atoms with E-state index in [4.69, 9.17) is 0 Å². The molecule has 1 aliphatic rings. The van der Waals surface area contributed by atoms with Crippen molar-refractivity contribution in [2.75, 3.05) is 0 Å². The second kappa shape index (κ2) is 8.33. The third-order valence-electron chi connectivity index (χ3n) is 5.21. The molecule has 2 aromatic carbocycles. The molecule has 1 amide bonds. The van der Waals surface area contributed by atoms with Crippen molar-refractivity contribution in [3.63, 3.8) is 0 Å². The van der Waals surface area contributed by atoms with Crippen LogP contribution in [0.4, 0.5) is 4.39 Å². The van der Waals surface area contributed by atoms with Crippen LogP contribution in [0.3, 0.4) is 0 Å². The number of hydrogen-bond donors (Lipinski definition) is 2. The molecule has 2 N–H and O–H groups in total. The first kappa shape index (κ1) is 19.1. The summed E-state index contributed by atoms with van der Waals surface area (Å²) >= 11 is 0. The lowest BCUT2D eigenvalue weighted by atomic mass is 9.89. The molecular formula is C22H24FNO3. The number of carboxylic acids is 1. The Labute approximate surface area is 158 Å². The summed E-state index contributed by atoms with van der Waals surface area (Å²) in [5, 5.41) is 12.3. The summed E-state index contributed by atoms with van der Waals surface area (Å²) in [7, 11) is 0. The largest absolute Gasteiger partial charge is 0.481 e. The van der Waals surface area contributed by atoms with Crippen LogP contribution in [0.25, 0.3) is 0 Å². The molecule has 0 radical (unpaired) electrons. The van der Waals surface area contributed by atoms with E-state index in [9.17, 15) is 19.1 Å². The summed E-state index contributed by atoms with van der Waals surface area (Å²) in [6.07, 6.45) is 4.40. The molecule has 1 aliphatic carbocycles. The fourth-order valence-corrected chi connectivity index (χ4v) is 3.63. The van der Waals surface area contributed by atoms with Crippen molar-refractivity contribution < 1.29 is 19.1 Å². The molecule has 0 heterocycles. The van der Waals surface area contributed by atoms with Gasteiger partial charge in [-0.05, 0) is 67.0 Å². The van der Waals surface area contributed by atoms with Crippen molar-refractivity contribution in [3.05, 3.63) is 70.5 Å². The number of carboxylic acid groups (broad SMARTS) is 1.